The van der Waals surface area contributed by atoms with Gasteiger partial charge >= 0.3 is 0 Å². The number of benzene rings is 2. The van der Waals surface area contributed by atoms with E-state index < -0.39 is 0 Å². The minimum atomic E-state index is -0.191. The van der Waals surface area contributed by atoms with Gasteiger partial charge in [-0.2, -0.15) is 0 Å². The van der Waals surface area contributed by atoms with Crippen molar-refractivity contribution in [2.75, 3.05) is 6.61 Å². The largest absolute Gasteiger partial charge is 0.384 e. The molecule has 2 aromatic carbocycles. The third-order valence-corrected chi connectivity index (χ3v) is 2.95. The Morgan fingerprint density at radius 3 is 2.67 bits per heavy atom. The third kappa shape index (κ3) is 4.48. The molecule has 0 bridgehead atoms. The van der Waals surface area contributed by atoms with Gasteiger partial charge in [-0.1, -0.05) is 42.2 Å². The molecule has 0 spiro atoms. The van der Waals surface area contributed by atoms with Crippen LogP contribution in [-0.2, 0) is 6.54 Å². The summed E-state index contributed by atoms with van der Waals surface area (Å²) in [6.07, 6.45) is 0. The van der Waals surface area contributed by atoms with Crippen molar-refractivity contribution in [3.05, 3.63) is 70.8 Å². The Morgan fingerprint density at radius 1 is 1.19 bits per heavy atom. The van der Waals surface area contributed by atoms with Crippen LogP contribution < -0.4 is 5.32 Å². The Kier molecular flexibility index (Phi) is 5.14. The zero-order valence-corrected chi connectivity index (χ0v) is 11.9. The second kappa shape index (κ2) is 7.28. The van der Waals surface area contributed by atoms with Crippen LogP contribution in [-0.4, -0.2) is 17.6 Å². The van der Waals surface area contributed by atoms with E-state index in [1.165, 1.54) is 0 Å². The van der Waals surface area contributed by atoms with Crippen LogP contribution in [0.25, 0.3) is 0 Å². The summed E-state index contributed by atoms with van der Waals surface area (Å²) < 4.78 is 0. The molecule has 3 heteroatoms. The number of nitrogens with one attached hydrogen (secondary N) is 1. The maximum atomic E-state index is 12.2. The smallest absolute Gasteiger partial charge is 0.251 e. The first-order valence-corrected chi connectivity index (χ1v) is 6.72. The zero-order valence-electron chi connectivity index (χ0n) is 11.9. The first-order chi connectivity index (χ1) is 10.2. The quantitative estimate of drug-likeness (QED) is 0.847. The number of carbonyl (C=O) groups is 1. The van der Waals surface area contributed by atoms with E-state index in [0.717, 1.165) is 16.7 Å². The lowest BCUT2D eigenvalue weighted by atomic mass is 10.1. The normalized spacial score (nSPS) is 9.62. The summed E-state index contributed by atoms with van der Waals surface area (Å²) in [5.74, 6) is 5.28. The maximum Gasteiger partial charge on any atom is 0.251 e. The fraction of sp³-hybridized carbons (Fsp3) is 0.167. The lowest BCUT2D eigenvalue weighted by molar-refractivity contribution is 0.0951. The second-order valence-corrected chi connectivity index (χ2v) is 4.72. The van der Waals surface area contributed by atoms with Gasteiger partial charge in [0.1, 0.15) is 6.61 Å². The summed E-state index contributed by atoms with van der Waals surface area (Å²) in [6.45, 7) is 2.22. The SMILES string of the molecule is Cc1cc(C#CCO)cc(C(=O)NCc2ccccc2)c1. The number of hydrogen-bond donors (Lipinski definition) is 2. The minimum Gasteiger partial charge on any atom is -0.384 e. The molecule has 0 aliphatic rings. The highest BCUT2D eigenvalue weighted by Gasteiger charge is 2.06. The summed E-state index contributed by atoms with van der Waals surface area (Å²) in [4.78, 5) is 12.2. The molecule has 2 rings (SSSR count). The van der Waals surface area contributed by atoms with E-state index in [4.69, 9.17) is 5.11 Å². The molecule has 2 N–H and O–H groups in total. The van der Waals surface area contributed by atoms with Crippen molar-refractivity contribution in [1.29, 1.82) is 0 Å². The van der Waals surface area contributed by atoms with E-state index in [0.29, 0.717) is 12.1 Å². The number of aryl methyl sites for hydroxylation is 1. The van der Waals surface area contributed by atoms with Gasteiger partial charge in [0.15, 0.2) is 0 Å². The van der Waals surface area contributed by atoms with Gasteiger partial charge in [0.05, 0.1) is 0 Å². The second-order valence-electron chi connectivity index (χ2n) is 4.72. The Morgan fingerprint density at radius 2 is 1.95 bits per heavy atom. The van der Waals surface area contributed by atoms with Gasteiger partial charge in [0, 0.05) is 17.7 Å². The van der Waals surface area contributed by atoms with Gasteiger partial charge in [-0.3, -0.25) is 4.79 Å². The maximum absolute atomic E-state index is 12.2. The van der Waals surface area contributed by atoms with Gasteiger partial charge < -0.3 is 10.4 Å². The van der Waals surface area contributed by atoms with Crippen LogP contribution in [0.15, 0.2) is 48.5 Å². The van der Waals surface area contributed by atoms with Crippen molar-refractivity contribution in [3.63, 3.8) is 0 Å². The van der Waals surface area contributed by atoms with Crippen molar-refractivity contribution >= 4 is 5.91 Å². The first-order valence-electron chi connectivity index (χ1n) is 6.72. The molecule has 0 aliphatic heterocycles. The highest BCUT2D eigenvalue weighted by atomic mass is 16.2. The van der Waals surface area contributed by atoms with Crippen LogP contribution in [0.3, 0.4) is 0 Å². The average molecular weight is 279 g/mol. The van der Waals surface area contributed by atoms with E-state index >= 15 is 0 Å². The zero-order chi connectivity index (χ0) is 15.1. The molecular weight excluding hydrogens is 262 g/mol. The van der Waals surface area contributed by atoms with Crippen LogP contribution >= 0.6 is 0 Å². The minimum absolute atomic E-state index is 0.130. The summed E-state index contributed by atoms with van der Waals surface area (Å²) in [5, 5.41) is 11.6. The average Bonchev–Trinajstić information content (AvgIpc) is 2.51. The lowest BCUT2D eigenvalue weighted by Crippen LogP contribution is -2.22. The molecule has 0 fully saturated rings. The highest BCUT2D eigenvalue weighted by Crippen LogP contribution is 2.09. The first kappa shape index (κ1) is 14.8. The van der Waals surface area contributed by atoms with Crippen molar-refractivity contribution in [2.24, 2.45) is 0 Å². The topological polar surface area (TPSA) is 49.3 Å². The van der Waals surface area contributed by atoms with E-state index in [1.54, 1.807) is 6.07 Å². The van der Waals surface area contributed by atoms with Crippen LogP contribution in [0.4, 0.5) is 0 Å². The Balaban J connectivity index is 2.10. The molecular formula is C18H17NO2. The Hall–Kier alpha value is -2.57. The molecule has 3 nitrogen and oxygen atoms in total. The van der Waals surface area contributed by atoms with Gasteiger partial charge in [-0.25, -0.2) is 0 Å². The molecule has 2 aromatic rings. The van der Waals surface area contributed by atoms with Crippen molar-refractivity contribution in [3.8, 4) is 11.8 Å². The molecule has 1 amide bonds. The summed E-state index contributed by atoms with van der Waals surface area (Å²) in [5.41, 5.74) is 3.32. The number of aliphatic hydroxyl groups excluding tert-OH is 1. The summed E-state index contributed by atoms with van der Waals surface area (Å²) in [7, 11) is 0. The number of aliphatic hydroxyl groups is 1. The number of carbonyl (C=O) groups excluding carboxylic acids is 1. The van der Waals surface area contributed by atoms with Crippen molar-refractivity contribution < 1.29 is 9.90 Å². The fourth-order valence-electron chi connectivity index (χ4n) is 2.01. The van der Waals surface area contributed by atoms with Crippen LogP contribution in [0.1, 0.15) is 27.0 Å². The van der Waals surface area contributed by atoms with E-state index in [-0.39, 0.29) is 12.5 Å². The van der Waals surface area contributed by atoms with Crippen LogP contribution in [0.5, 0.6) is 0 Å². The number of rotatable bonds is 3. The van der Waals surface area contributed by atoms with Gasteiger partial charge in [-0.15, -0.1) is 0 Å². The van der Waals surface area contributed by atoms with E-state index in [1.807, 2.05) is 49.4 Å². The summed E-state index contributed by atoms with van der Waals surface area (Å²) >= 11 is 0. The standard InChI is InChI=1S/C18H17NO2/c1-14-10-16(8-5-9-20)12-17(11-14)18(21)19-13-15-6-3-2-4-7-15/h2-4,6-7,10-12,20H,9,13H2,1H3,(H,19,21). The van der Waals surface area contributed by atoms with E-state index in [2.05, 4.69) is 17.2 Å². The molecule has 0 aliphatic carbocycles. The number of amides is 1. The molecule has 0 unspecified atom stereocenters. The fourth-order valence-corrected chi connectivity index (χ4v) is 2.01. The predicted molar refractivity (Wildman–Crippen MR) is 82.8 cm³/mol. The molecule has 0 radical (unpaired) electrons. The Labute approximate surface area is 124 Å². The van der Waals surface area contributed by atoms with E-state index in [9.17, 15) is 4.79 Å². The Bertz CT molecular complexity index is 681. The lowest BCUT2D eigenvalue weighted by Gasteiger charge is -2.07. The summed E-state index contributed by atoms with van der Waals surface area (Å²) in [6, 6.07) is 15.2. The highest BCUT2D eigenvalue weighted by molar-refractivity contribution is 5.94. The number of hydrogen-bond acceptors (Lipinski definition) is 2. The molecule has 0 saturated carbocycles. The van der Waals surface area contributed by atoms with Gasteiger partial charge in [-0.05, 0) is 36.2 Å². The molecule has 106 valence electrons. The van der Waals surface area contributed by atoms with Crippen molar-refractivity contribution in [2.45, 2.75) is 13.5 Å². The monoisotopic (exact) mass is 279 g/mol. The van der Waals surface area contributed by atoms with Crippen LogP contribution in [0.2, 0.25) is 0 Å². The van der Waals surface area contributed by atoms with Crippen molar-refractivity contribution in [1.82, 2.24) is 5.32 Å². The third-order valence-electron chi connectivity index (χ3n) is 2.95. The van der Waals surface area contributed by atoms with Gasteiger partial charge in [0.2, 0.25) is 0 Å². The molecule has 0 saturated heterocycles. The molecule has 0 heterocycles. The molecule has 21 heavy (non-hydrogen) atoms. The van der Waals surface area contributed by atoms with Crippen LogP contribution in [0, 0.1) is 18.8 Å². The van der Waals surface area contributed by atoms with Gasteiger partial charge in [0.25, 0.3) is 5.91 Å². The molecule has 0 aromatic heterocycles. The molecule has 0 atom stereocenters. The predicted octanol–water partition coefficient (Wildman–Crippen LogP) is 2.27.